The molecular formula is C18H36N2O3. The summed E-state index contributed by atoms with van der Waals surface area (Å²) in [5.74, 6) is 0.343. The Labute approximate surface area is 142 Å². The Morgan fingerprint density at radius 2 is 1.57 bits per heavy atom. The first-order chi connectivity index (χ1) is 10.5. The van der Waals surface area contributed by atoms with E-state index in [2.05, 4.69) is 19.2 Å². The third kappa shape index (κ3) is 10.4. The van der Waals surface area contributed by atoms with E-state index in [1.807, 2.05) is 32.7 Å². The molecule has 0 fully saturated rings. The summed E-state index contributed by atoms with van der Waals surface area (Å²) < 4.78 is 5.82. The molecule has 0 saturated heterocycles. The Hall–Kier alpha value is -0.940. The zero-order valence-electron chi connectivity index (χ0n) is 16.1. The zero-order valence-corrected chi connectivity index (χ0v) is 16.1. The Balaban J connectivity index is 4.36. The fraction of sp³-hybridized carbons (Fsp3) is 0.889. The van der Waals surface area contributed by atoms with Gasteiger partial charge in [-0.2, -0.15) is 0 Å². The van der Waals surface area contributed by atoms with Crippen LogP contribution in [0, 0.1) is 10.8 Å². The van der Waals surface area contributed by atoms with Crippen molar-refractivity contribution in [3.05, 3.63) is 0 Å². The van der Waals surface area contributed by atoms with E-state index < -0.39 is 0 Å². The highest BCUT2D eigenvalue weighted by molar-refractivity contribution is 5.77. The third-order valence-electron chi connectivity index (χ3n) is 3.71. The minimum atomic E-state index is -0.212. The Bertz CT molecular complexity index is 378. The number of hydrogen-bond acceptors (Lipinski definition) is 4. The Morgan fingerprint density at radius 1 is 1.04 bits per heavy atom. The molecule has 5 nitrogen and oxygen atoms in total. The molecule has 0 saturated carbocycles. The summed E-state index contributed by atoms with van der Waals surface area (Å²) in [5, 5.41) is 3.07. The van der Waals surface area contributed by atoms with Crippen molar-refractivity contribution in [2.75, 3.05) is 39.9 Å². The Kier molecular flexibility index (Phi) is 9.63. The van der Waals surface area contributed by atoms with Crippen molar-refractivity contribution in [2.45, 2.75) is 54.4 Å². The number of amides is 1. The van der Waals surface area contributed by atoms with Gasteiger partial charge < -0.3 is 19.7 Å². The minimum Gasteiger partial charge on any atom is -0.380 e. The second kappa shape index (κ2) is 10.0. The van der Waals surface area contributed by atoms with Crippen LogP contribution in [0.5, 0.6) is 0 Å². The van der Waals surface area contributed by atoms with Crippen molar-refractivity contribution in [1.29, 1.82) is 0 Å². The van der Waals surface area contributed by atoms with Gasteiger partial charge in [0, 0.05) is 32.5 Å². The molecule has 0 aromatic carbocycles. The number of carbonyl (C=O) groups is 2. The fourth-order valence-electron chi connectivity index (χ4n) is 2.61. The van der Waals surface area contributed by atoms with Gasteiger partial charge in [0.25, 0.3) is 0 Å². The predicted octanol–water partition coefficient (Wildman–Crippen LogP) is 2.49. The molecule has 1 N–H and O–H groups in total. The van der Waals surface area contributed by atoms with Crippen LogP contribution in [0.25, 0.3) is 0 Å². The summed E-state index contributed by atoms with van der Waals surface area (Å²) in [5.41, 5.74) is -0.370. The van der Waals surface area contributed by atoms with Crippen molar-refractivity contribution in [2.24, 2.45) is 10.8 Å². The number of ketones is 1. The van der Waals surface area contributed by atoms with Crippen molar-refractivity contribution < 1.29 is 14.3 Å². The molecule has 0 atom stereocenters. The minimum absolute atomic E-state index is 0.159. The molecular weight excluding hydrogens is 292 g/mol. The molecule has 0 spiro atoms. The van der Waals surface area contributed by atoms with E-state index in [1.165, 1.54) is 0 Å². The van der Waals surface area contributed by atoms with E-state index in [4.69, 9.17) is 4.74 Å². The largest absolute Gasteiger partial charge is 0.380 e. The van der Waals surface area contributed by atoms with Crippen LogP contribution in [0.1, 0.15) is 54.4 Å². The second-order valence-electron chi connectivity index (χ2n) is 7.95. The number of nitrogens with one attached hydrogen (secondary N) is 1. The first-order valence-corrected chi connectivity index (χ1v) is 8.52. The quantitative estimate of drug-likeness (QED) is 0.598. The molecule has 0 aromatic heterocycles. The summed E-state index contributed by atoms with van der Waals surface area (Å²) in [6, 6.07) is 0. The SMILES string of the molecule is CCN(CCNC)C(=O)CC(C)(C)COCC(C)(C)CC(C)=O. The van der Waals surface area contributed by atoms with E-state index in [9.17, 15) is 9.59 Å². The molecule has 23 heavy (non-hydrogen) atoms. The molecule has 0 aliphatic carbocycles. The van der Waals surface area contributed by atoms with Crippen LogP contribution in [0.2, 0.25) is 0 Å². The number of likely N-dealkylation sites (N-methyl/N-ethyl adjacent to an activating group) is 2. The summed E-state index contributed by atoms with van der Waals surface area (Å²) >= 11 is 0. The van der Waals surface area contributed by atoms with Gasteiger partial charge in [0.15, 0.2) is 0 Å². The lowest BCUT2D eigenvalue weighted by atomic mass is 9.87. The maximum absolute atomic E-state index is 12.4. The van der Waals surface area contributed by atoms with E-state index in [0.717, 1.165) is 19.6 Å². The number of rotatable bonds is 12. The van der Waals surface area contributed by atoms with Crippen LogP contribution in [0.3, 0.4) is 0 Å². The number of carbonyl (C=O) groups excluding carboxylic acids is 2. The molecule has 136 valence electrons. The highest BCUT2D eigenvalue weighted by Crippen LogP contribution is 2.25. The van der Waals surface area contributed by atoms with Crippen molar-refractivity contribution in [3.63, 3.8) is 0 Å². The van der Waals surface area contributed by atoms with E-state index >= 15 is 0 Å². The smallest absolute Gasteiger partial charge is 0.223 e. The van der Waals surface area contributed by atoms with E-state index in [-0.39, 0.29) is 22.5 Å². The van der Waals surface area contributed by atoms with E-state index in [0.29, 0.717) is 26.1 Å². The first kappa shape index (κ1) is 22.1. The van der Waals surface area contributed by atoms with Gasteiger partial charge in [-0.3, -0.25) is 4.79 Å². The van der Waals surface area contributed by atoms with Gasteiger partial charge in [-0.05, 0) is 31.7 Å². The number of nitrogens with zero attached hydrogens (tertiary/aromatic N) is 1. The maximum Gasteiger partial charge on any atom is 0.223 e. The van der Waals surface area contributed by atoms with Crippen LogP contribution in [-0.4, -0.2) is 56.5 Å². The molecule has 0 bridgehead atoms. The molecule has 0 rings (SSSR count). The van der Waals surface area contributed by atoms with Crippen molar-refractivity contribution >= 4 is 11.7 Å². The second-order valence-corrected chi connectivity index (χ2v) is 7.95. The summed E-state index contributed by atoms with van der Waals surface area (Å²) in [6.07, 6.45) is 0.984. The van der Waals surface area contributed by atoms with Crippen molar-refractivity contribution in [1.82, 2.24) is 10.2 Å². The van der Waals surface area contributed by atoms with Gasteiger partial charge in [0.2, 0.25) is 5.91 Å². The van der Waals surface area contributed by atoms with Gasteiger partial charge in [0.05, 0.1) is 13.2 Å². The zero-order chi connectivity index (χ0) is 18.1. The lowest BCUT2D eigenvalue weighted by molar-refractivity contribution is -0.134. The number of ether oxygens (including phenoxy) is 1. The molecule has 1 amide bonds. The van der Waals surface area contributed by atoms with Gasteiger partial charge in [-0.1, -0.05) is 27.7 Å². The Morgan fingerprint density at radius 3 is 2.00 bits per heavy atom. The normalized spacial score (nSPS) is 12.3. The van der Waals surface area contributed by atoms with Crippen LogP contribution in [-0.2, 0) is 14.3 Å². The average molecular weight is 328 g/mol. The predicted molar refractivity (Wildman–Crippen MR) is 94.5 cm³/mol. The molecule has 0 aliphatic rings. The highest BCUT2D eigenvalue weighted by Gasteiger charge is 2.27. The van der Waals surface area contributed by atoms with Crippen LogP contribution in [0.4, 0.5) is 0 Å². The van der Waals surface area contributed by atoms with Crippen LogP contribution >= 0.6 is 0 Å². The monoisotopic (exact) mass is 328 g/mol. The number of hydrogen-bond donors (Lipinski definition) is 1. The molecule has 0 radical (unpaired) electrons. The van der Waals surface area contributed by atoms with E-state index in [1.54, 1.807) is 6.92 Å². The van der Waals surface area contributed by atoms with Crippen LogP contribution < -0.4 is 5.32 Å². The summed E-state index contributed by atoms with van der Waals surface area (Å²) in [7, 11) is 1.89. The summed E-state index contributed by atoms with van der Waals surface area (Å²) in [4.78, 5) is 25.5. The number of Topliss-reactive ketones (excluding diaryl/α,β-unsaturated/α-hetero) is 1. The van der Waals surface area contributed by atoms with Crippen LogP contribution in [0.15, 0.2) is 0 Å². The first-order valence-electron chi connectivity index (χ1n) is 8.52. The molecule has 5 heteroatoms. The standard InChI is InChI=1S/C18H36N2O3/c1-8-20(10-9-19-7)16(22)12-18(5,6)14-23-13-17(3,4)11-15(2)21/h19H,8-14H2,1-7H3. The van der Waals surface area contributed by atoms with Gasteiger partial charge in [0.1, 0.15) is 5.78 Å². The van der Waals surface area contributed by atoms with Gasteiger partial charge in [-0.15, -0.1) is 0 Å². The van der Waals surface area contributed by atoms with Gasteiger partial charge >= 0.3 is 0 Å². The lowest BCUT2D eigenvalue weighted by Gasteiger charge is -2.30. The summed E-state index contributed by atoms with van der Waals surface area (Å²) in [6.45, 7) is 15.1. The van der Waals surface area contributed by atoms with Crippen molar-refractivity contribution in [3.8, 4) is 0 Å². The topological polar surface area (TPSA) is 58.6 Å². The molecule has 0 heterocycles. The lowest BCUT2D eigenvalue weighted by Crippen LogP contribution is -2.39. The fourth-order valence-corrected chi connectivity index (χ4v) is 2.61. The van der Waals surface area contributed by atoms with Gasteiger partial charge in [-0.25, -0.2) is 0 Å². The average Bonchev–Trinajstić information content (AvgIpc) is 2.36. The molecule has 0 aromatic rings. The molecule has 0 unspecified atom stereocenters. The molecule has 0 aliphatic heterocycles. The third-order valence-corrected chi connectivity index (χ3v) is 3.71. The highest BCUT2D eigenvalue weighted by atomic mass is 16.5. The maximum atomic E-state index is 12.4.